The number of hydrogen-bond donors (Lipinski definition) is 0. The minimum absolute atomic E-state index is 0.277. The van der Waals surface area contributed by atoms with Crippen LogP contribution in [0.15, 0.2) is 211 Å². The maximum Gasteiger partial charge on any atom is 0.159 e. The summed E-state index contributed by atoms with van der Waals surface area (Å²) in [5.74, 6) is 0.199. The first-order valence-corrected chi connectivity index (χ1v) is 23.8. The van der Waals surface area contributed by atoms with Crippen molar-refractivity contribution in [2.75, 3.05) is 9.80 Å². The average molecular weight is 865 g/mol. The molecule has 0 N–H and O–H groups in total. The molecule has 2 aliphatic carbocycles. The molecule has 14 rings (SSSR count). The van der Waals surface area contributed by atoms with Crippen LogP contribution < -0.4 is 9.80 Å². The summed E-state index contributed by atoms with van der Waals surface area (Å²) in [5, 5.41) is 6.91. The lowest BCUT2D eigenvalue weighted by molar-refractivity contribution is 0.442. The molecule has 0 saturated heterocycles. The summed E-state index contributed by atoms with van der Waals surface area (Å²) in [6, 6.07) is 73.9. The van der Waals surface area contributed by atoms with Crippen LogP contribution in [-0.4, -0.2) is 0 Å². The van der Waals surface area contributed by atoms with Gasteiger partial charge in [-0.15, -0.1) is 0 Å². The highest BCUT2D eigenvalue weighted by Crippen LogP contribution is 2.66. The van der Waals surface area contributed by atoms with E-state index in [9.17, 15) is 0 Å². The highest BCUT2D eigenvalue weighted by molar-refractivity contribution is 6.18. The van der Waals surface area contributed by atoms with Crippen molar-refractivity contribution >= 4 is 77.6 Å². The number of anilines is 6. The Morgan fingerprint density at radius 2 is 1.07 bits per heavy atom. The molecule has 1 aromatic heterocycles. The van der Waals surface area contributed by atoms with Crippen molar-refractivity contribution in [3.63, 3.8) is 0 Å². The fourth-order valence-corrected chi connectivity index (χ4v) is 12.5. The predicted molar refractivity (Wildman–Crippen MR) is 275 cm³/mol. The quantitative estimate of drug-likeness (QED) is 0.172. The highest BCUT2D eigenvalue weighted by Gasteiger charge is 2.53. The van der Waals surface area contributed by atoms with Gasteiger partial charge in [0.1, 0.15) is 11.4 Å². The van der Waals surface area contributed by atoms with Crippen LogP contribution >= 0.6 is 0 Å². The molecule has 320 valence electrons. The molecule has 0 bridgehead atoms. The van der Waals surface area contributed by atoms with Crippen molar-refractivity contribution in [1.82, 2.24) is 0 Å². The topological polar surface area (TPSA) is 19.6 Å². The maximum atomic E-state index is 15.1. The first-order chi connectivity index (χ1) is 33.2. The van der Waals surface area contributed by atoms with Crippen LogP contribution in [0.25, 0.3) is 54.6 Å². The van der Waals surface area contributed by atoms with Gasteiger partial charge < -0.3 is 14.2 Å². The molecule has 1 fully saturated rings. The van der Waals surface area contributed by atoms with Gasteiger partial charge >= 0.3 is 0 Å². The molecule has 0 amide bonds. The number of nitrogens with zero attached hydrogens (tertiary/aromatic N) is 2. The molecule has 1 spiro atoms. The minimum atomic E-state index is -0.722. The van der Waals surface area contributed by atoms with Crippen LogP contribution in [0.3, 0.4) is 0 Å². The Morgan fingerprint density at radius 3 is 1.84 bits per heavy atom. The Balaban J connectivity index is 1.12. The molecule has 1 saturated carbocycles. The smallest absolute Gasteiger partial charge is 0.159 e. The monoisotopic (exact) mass is 864 g/mol. The zero-order chi connectivity index (χ0) is 44.2. The molecule has 0 radical (unpaired) electrons. The third-order valence-corrected chi connectivity index (χ3v) is 15.3. The van der Waals surface area contributed by atoms with E-state index in [1.807, 2.05) is 12.1 Å². The minimum Gasteiger partial charge on any atom is -0.454 e. The van der Waals surface area contributed by atoms with E-state index >= 15 is 4.39 Å². The number of benzene rings is 10. The Morgan fingerprint density at radius 1 is 0.463 bits per heavy atom. The summed E-state index contributed by atoms with van der Waals surface area (Å²) in [7, 11) is 0. The number of fused-ring (bicyclic) bond motifs is 16. The van der Waals surface area contributed by atoms with Gasteiger partial charge in [0.25, 0.3) is 0 Å². The van der Waals surface area contributed by atoms with E-state index in [-0.39, 0.29) is 5.82 Å². The molecule has 0 unspecified atom stereocenters. The molecular formula is C63H45FN2O. The summed E-state index contributed by atoms with van der Waals surface area (Å²) >= 11 is 0. The van der Waals surface area contributed by atoms with E-state index in [4.69, 9.17) is 4.42 Å². The molecule has 10 aromatic carbocycles. The standard InChI is InChI=1S/C63H45FN2O/c64-42-34-36-44(37-35-42)66(57-32-16-27-50-49-26-15-25-46(61(49)67-62(50)57)40-17-3-1-4-18-40)58-39-54-60(48-24-10-9-23-47(48)58)59-45-22-8-7-19-41(45)33-38-53(59)63(54)51-28-11-13-30-55(51)65(43-20-5-2-6-21-43)56-31-14-12-29-52(56)63/h2,5-16,19-40H,1,3-4,17-18H2. The summed E-state index contributed by atoms with van der Waals surface area (Å²) in [4.78, 5) is 4.77. The van der Waals surface area contributed by atoms with Gasteiger partial charge in [0, 0.05) is 27.5 Å². The SMILES string of the molecule is Fc1ccc(N(c2cc3c(c4ccccc24)-c2c(ccc4ccccc24)C32c3ccccc3N(c3ccccc3)c3ccccc32)c2cccc3c2oc2c(C4CCCCC4)cccc23)cc1. The highest BCUT2D eigenvalue weighted by atomic mass is 19.1. The van der Waals surface area contributed by atoms with E-state index in [0.29, 0.717) is 5.92 Å². The van der Waals surface area contributed by atoms with E-state index in [1.54, 1.807) is 12.1 Å². The van der Waals surface area contributed by atoms with Crippen molar-refractivity contribution < 1.29 is 8.81 Å². The van der Waals surface area contributed by atoms with Crippen molar-refractivity contribution in [3.8, 4) is 11.1 Å². The second-order valence-corrected chi connectivity index (χ2v) is 18.7. The third-order valence-electron chi connectivity index (χ3n) is 15.3. The summed E-state index contributed by atoms with van der Waals surface area (Å²) in [5.41, 5.74) is 16.0. The van der Waals surface area contributed by atoms with Gasteiger partial charge in [-0.25, -0.2) is 4.39 Å². The Hall–Kier alpha value is -7.95. The third kappa shape index (κ3) is 5.44. The number of hydrogen-bond acceptors (Lipinski definition) is 3. The Bertz CT molecular complexity index is 3720. The molecule has 1 aliphatic heterocycles. The summed E-state index contributed by atoms with van der Waals surface area (Å²) in [6.45, 7) is 0. The van der Waals surface area contributed by atoms with E-state index in [0.717, 1.165) is 66.8 Å². The molecule has 3 aliphatic rings. The maximum absolute atomic E-state index is 15.1. The van der Waals surface area contributed by atoms with Gasteiger partial charge in [0.15, 0.2) is 5.58 Å². The fourth-order valence-electron chi connectivity index (χ4n) is 12.5. The van der Waals surface area contributed by atoms with Crippen LogP contribution in [-0.2, 0) is 5.41 Å². The van der Waals surface area contributed by atoms with Gasteiger partial charge in [-0.2, -0.15) is 0 Å². The molecular weight excluding hydrogens is 820 g/mol. The van der Waals surface area contributed by atoms with Gasteiger partial charge in [-0.1, -0.05) is 165 Å². The first-order valence-electron chi connectivity index (χ1n) is 23.8. The van der Waals surface area contributed by atoms with Crippen LogP contribution in [0.4, 0.5) is 38.5 Å². The summed E-state index contributed by atoms with van der Waals surface area (Å²) in [6.07, 6.45) is 6.15. The van der Waals surface area contributed by atoms with Gasteiger partial charge in [-0.05, 0) is 135 Å². The molecule has 4 heteroatoms. The van der Waals surface area contributed by atoms with Crippen molar-refractivity contribution in [1.29, 1.82) is 0 Å². The normalized spacial score (nSPS) is 15.0. The van der Waals surface area contributed by atoms with E-state index in [1.165, 1.54) is 81.8 Å². The van der Waals surface area contributed by atoms with Crippen molar-refractivity contribution in [2.45, 2.75) is 43.4 Å². The van der Waals surface area contributed by atoms with Crippen molar-refractivity contribution in [2.24, 2.45) is 0 Å². The largest absolute Gasteiger partial charge is 0.454 e. The van der Waals surface area contributed by atoms with Gasteiger partial charge in [0.2, 0.25) is 0 Å². The number of furan rings is 1. The zero-order valence-electron chi connectivity index (χ0n) is 36.9. The van der Waals surface area contributed by atoms with Gasteiger partial charge in [-0.3, -0.25) is 0 Å². The second-order valence-electron chi connectivity index (χ2n) is 18.7. The number of para-hydroxylation sites is 5. The van der Waals surface area contributed by atoms with Crippen LogP contribution in [0.2, 0.25) is 0 Å². The first kappa shape index (κ1) is 38.3. The Kier molecular flexibility index (Phi) is 8.46. The Labute approximate surface area is 389 Å². The van der Waals surface area contributed by atoms with E-state index in [2.05, 4.69) is 192 Å². The van der Waals surface area contributed by atoms with Gasteiger partial charge in [0.05, 0.1) is 28.2 Å². The van der Waals surface area contributed by atoms with Crippen molar-refractivity contribution in [3.05, 3.63) is 240 Å². The second kappa shape index (κ2) is 14.8. The van der Waals surface area contributed by atoms with Crippen LogP contribution in [0, 0.1) is 5.82 Å². The zero-order valence-corrected chi connectivity index (χ0v) is 36.9. The molecule has 0 atom stereocenters. The predicted octanol–water partition coefficient (Wildman–Crippen LogP) is 17.7. The lowest BCUT2D eigenvalue weighted by Crippen LogP contribution is -2.36. The number of halogens is 1. The number of rotatable bonds is 5. The van der Waals surface area contributed by atoms with E-state index < -0.39 is 5.41 Å². The van der Waals surface area contributed by atoms with Crippen LogP contribution in [0.1, 0.15) is 65.8 Å². The lowest BCUT2D eigenvalue weighted by Gasteiger charge is -2.45. The molecule has 67 heavy (non-hydrogen) atoms. The summed E-state index contributed by atoms with van der Waals surface area (Å²) < 4.78 is 22.4. The fraction of sp³-hybridized carbons (Fsp3) is 0.111. The molecule has 2 heterocycles. The average Bonchev–Trinajstić information content (AvgIpc) is 3.93. The molecule has 11 aromatic rings. The molecule has 3 nitrogen and oxygen atoms in total. The lowest BCUT2D eigenvalue weighted by atomic mass is 9.64. The van der Waals surface area contributed by atoms with Crippen LogP contribution in [0.5, 0.6) is 0 Å².